The molecule has 1 nitrogen and oxygen atoms in total. The lowest BCUT2D eigenvalue weighted by molar-refractivity contribution is -0.130. The summed E-state index contributed by atoms with van der Waals surface area (Å²) in [6.07, 6.45) is 2.37. The van der Waals surface area contributed by atoms with Crippen LogP contribution in [0.1, 0.15) is 13.3 Å². The summed E-state index contributed by atoms with van der Waals surface area (Å²) in [5.41, 5.74) is 2.63. The fraction of sp³-hybridized carbons (Fsp3) is 0.545. The zero-order valence-electron chi connectivity index (χ0n) is 9.53. The number of Topliss-reactive ketones (excluding diaryl/α,β-unsaturated/α-hetero) is 1. The minimum absolute atomic E-state index is 0.477. The van der Waals surface area contributed by atoms with Gasteiger partial charge >= 0.3 is 5.92 Å². The highest BCUT2D eigenvalue weighted by molar-refractivity contribution is 6.84. The maximum atomic E-state index is 13.1. The van der Waals surface area contributed by atoms with Gasteiger partial charge in [-0.1, -0.05) is 32.6 Å². The van der Waals surface area contributed by atoms with E-state index in [1.54, 1.807) is 6.92 Å². The predicted molar refractivity (Wildman–Crippen MR) is 60.5 cm³/mol. The van der Waals surface area contributed by atoms with Crippen LogP contribution in [0.4, 0.5) is 8.78 Å². The molecule has 0 fully saturated rings. The van der Waals surface area contributed by atoms with Crippen LogP contribution in [-0.4, -0.2) is 19.8 Å². The lowest BCUT2D eigenvalue weighted by atomic mass is 10.2. The molecule has 0 heterocycles. The molecule has 0 aliphatic heterocycles. The van der Waals surface area contributed by atoms with E-state index in [9.17, 15) is 13.6 Å². The van der Waals surface area contributed by atoms with E-state index in [4.69, 9.17) is 0 Å². The Bertz CT molecular complexity index is 316. The molecule has 0 aliphatic rings. The van der Waals surface area contributed by atoms with E-state index < -0.39 is 19.8 Å². The smallest absolute Gasteiger partial charge is 0.278 e. The number of halogens is 2. The van der Waals surface area contributed by atoms with Crippen LogP contribution >= 0.6 is 0 Å². The van der Waals surface area contributed by atoms with Crippen LogP contribution in [0.25, 0.3) is 0 Å². The van der Waals surface area contributed by atoms with Crippen LogP contribution in [0, 0.1) is 11.5 Å². The van der Waals surface area contributed by atoms with Gasteiger partial charge in [0.2, 0.25) is 0 Å². The topological polar surface area (TPSA) is 17.1 Å². The fourth-order valence-corrected chi connectivity index (χ4v) is 1.16. The van der Waals surface area contributed by atoms with Crippen molar-refractivity contribution in [3.05, 3.63) is 12.2 Å². The van der Waals surface area contributed by atoms with E-state index in [1.165, 1.54) is 6.08 Å². The third kappa shape index (κ3) is 6.18. The molecule has 0 saturated heterocycles. The van der Waals surface area contributed by atoms with Crippen molar-refractivity contribution in [2.24, 2.45) is 0 Å². The largest absolute Gasteiger partial charge is 0.335 e. The van der Waals surface area contributed by atoms with Gasteiger partial charge in [0, 0.05) is 0 Å². The zero-order valence-corrected chi connectivity index (χ0v) is 10.5. The highest BCUT2D eigenvalue weighted by Crippen LogP contribution is 2.16. The molecule has 0 bridgehead atoms. The van der Waals surface area contributed by atoms with Crippen LogP contribution in [0.3, 0.4) is 0 Å². The van der Waals surface area contributed by atoms with Crippen molar-refractivity contribution < 1.29 is 13.6 Å². The molecule has 0 saturated carbocycles. The summed E-state index contributed by atoms with van der Waals surface area (Å²) in [5.74, 6) is -2.71. The second-order valence-corrected chi connectivity index (χ2v) is 9.01. The van der Waals surface area contributed by atoms with E-state index in [0.29, 0.717) is 12.5 Å². The lowest BCUT2D eigenvalue weighted by Gasteiger charge is -2.07. The number of allylic oxidation sites excluding steroid dienone is 2. The van der Waals surface area contributed by atoms with Gasteiger partial charge in [0.15, 0.2) is 0 Å². The molecule has 0 amide bonds. The van der Waals surface area contributed by atoms with E-state index in [0.717, 1.165) is 0 Å². The van der Waals surface area contributed by atoms with Crippen molar-refractivity contribution in [3.63, 3.8) is 0 Å². The molecule has 0 rings (SSSR count). The van der Waals surface area contributed by atoms with Crippen LogP contribution < -0.4 is 0 Å². The van der Waals surface area contributed by atoms with Gasteiger partial charge in [0.1, 0.15) is 8.07 Å². The Morgan fingerprint density at radius 3 is 2.33 bits per heavy atom. The van der Waals surface area contributed by atoms with Crippen LogP contribution in [0.2, 0.25) is 19.6 Å². The summed E-state index contributed by atoms with van der Waals surface area (Å²) < 4.78 is 26.1. The number of carbonyl (C=O) groups excluding carboxylic acids is 1. The summed E-state index contributed by atoms with van der Waals surface area (Å²) >= 11 is 0. The molecule has 0 atom stereocenters. The maximum absolute atomic E-state index is 13.1. The van der Waals surface area contributed by atoms with E-state index >= 15 is 0 Å². The minimum Gasteiger partial charge on any atom is -0.278 e. The molecule has 0 aromatic heterocycles. The van der Waals surface area contributed by atoms with Gasteiger partial charge in [-0.3, -0.25) is 4.79 Å². The second-order valence-electron chi connectivity index (χ2n) is 4.26. The number of rotatable bonds is 3. The van der Waals surface area contributed by atoms with Gasteiger partial charge in [-0.05, 0) is 18.4 Å². The molecule has 0 aliphatic carbocycles. The van der Waals surface area contributed by atoms with Gasteiger partial charge < -0.3 is 0 Å². The molecule has 0 aromatic carbocycles. The number of ketones is 1. The molecular weight excluding hydrogens is 214 g/mol. The molecule has 4 heteroatoms. The van der Waals surface area contributed by atoms with Crippen LogP contribution in [0.5, 0.6) is 0 Å². The van der Waals surface area contributed by atoms with Gasteiger partial charge in [0.25, 0.3) is 5.78 Å². The van der Waals surface area contributed by atoms with Gasteiger partial charge in [0.05, 0.1) is 0 Å². The highest BCUT2D eigenvalue weighted by Gasteiger charge is 2.33. The first-order valence-corrected chi connectivity index (χ1v) is 8.32. The van der Waals surface area contributed by atoms with E-state index in [1.807, 2.05) is 25.6 Å². The highest BCUT2D eigenvalue weighted by atomic mass is 28.3. The fourth-order valence-electron chi connectivity index (χ4n) is 0.669. The lowest BCUT2D eigenvalue weighted by Crippen LogP contribution is -2.26. The van der Waals surface area contributed by atoms with Crippen molar-refractivity contribution >= 4 is 13.9 Å². The molecule has 0 spiro atoms. The first-order chi connectivity index (χ1) is 6.69. The van der Waals surface area contributed by atoms with E-state index in [2.05, 4.69) is 5.54 Å². The van der Waals surface area contributed by atoms with Gasteiger partial charge in [-0.15, -0.1) is 5.54 Å². The van der Waals surface area contributed by atoms with E-state index in [-0.39, 0.29) is 0 Å². The number of hydrogen-bond donors (Lipinski definition) is 0. The summed E-state index contributed by atoms with van der Waals surface area (Å²) in [6.45, 7) is 7.42. The van der Waals surface area contributed by atoms with Gasteiger partial charge in [-0.25, -0.2) is 0 Å². The number of carbonyl (C=O) groups is 1. The molecule has 0 radical (unpaired) electrons. The Hall–Kier alpha value is -0.953. The van der Waals surface area contributed by atoms with Crippen LogP contribution in [0.15, 0.2) is 12.2 Å². The van der Waals surface area contributed by atoms with Gasteiger partial charge in [-0.2, -0.15) is 8.78 Å². The minimum atomic E-state index is -3.44. The van der Waals surface area contributed by atoms with Crippen molar-refractivity contribution in [1.29, 1.82) is 0 Å². The Balaban J connectivity index is 4.70. The maximum Gasteiger partial charge on any atom is 0.335 e. The summed E-state index contributed by atoms with van der Waals surface area (Å²) in [6, 6.07) is 0. The zero-order chi connectivity index (χ0) is 12.1. The van der Waals surface area contributed by atoms with Crippen molar-refractivity contribution in [2.45, 2.75) is 38.9 Å². The summed E-state index contributed by atoms with van der Waals surface area (Å²) in [7, 11) is -1.77. The molecule has 0 N–H and O–H groups in total. The quantitative estimate of drug-likeness (QED) is 0.414. The monoisotopic (exact) mass is 230 g/mol. The SMILES string of the molecule is CCC=CC(F)(F)C(=O)C#C[Si](C)(C)C. The molecule has 0 unspecified atom stereocenters. The Morgan fingerprint density at radius 2 is 1.93 bits per heavy atom. The normalized spacial score (nSPS) is 12.4. The predicted octanol–water partition coefficient (Wildman–Crippen LogP) is 3.04. The first-order valence-electron chi connectivity index (χ1n) is 4.82. The molecule has 84 valence electrons. The summed E-state index contributed by atoms with van der Waals surface area (Å²) in [5, 5.41) is 0. The second kappa shape index (κ2) is 5.22. The van der Waals surface area contributed by atoms with Crippen molar-refractivity contribution in [2.75, 3.05) is 0 Å². The number of alkyl halides is 2. The third-order valence-electron chi connectivity index (χ3n) is 1.42. The number of hydrogen-bond acceptors (Lipinski definition) is 1. The average Bonchev–Trinajstić information content (AvgIpc) is 2.09. The Labute approximate surface area is 90.6 Å². The Morgan fingerprint density at radius 1 is 1.40 bits per heavy atom. The average molecular weight is 230 g/mol. The Kier molecular flexibility index (Phi) is 4.89. The van der Waals surface area contributed by atoms with Crippen LogP contribution in [-0.2, 0) is 4.79 Å². The third-order valence-corrected chi connectivity index (χ3v) is 2.29. The molecule has 15 heavy (non-hydrogen) atoms. The summed E-state index contributed by atoms with van der Waals surface area (Å²) in [4.78, 5) is 11.1. The molecular formula is C11H16F2OSi. The molecule has 0 aromatic rings. The standard InChI is InChI=1S/C11H16F2OSi/c1-5-6-8-11(12,13)10(14)7-9-15(2,3)4/h6,8H,5H2,1-4H3. The van der Waals surface area contributed by atoms with Crippen molar-refractivity contribution in [1.82, 2.24) is 0 Å². The first kappa shape index (κ1) is 14.0. The van der Waals surface area contributed by atoms with Crippen molar-refractivity contribution in [3.8, 4) is 11.5 Å².